The Morgan fingerprint density at radius 2 is 0.842 bits per heavy atom. The van der Waals surface area contributed by atoms with Crippen LogP contribution in [0.15, 0.2) is 217 Å². The number of para-hydroxylation sites is 3. The lowest BCUT2D eigenvalue weighted by Crippen LogP contribution is -2.05. The lowest BCUT2D eigenvalue weighted by molar-refractivity contribution is 1.18. The highest BCUT2D eigenvalue weighted by Gasteiger charge is 2.17. The van der Waals surface area contributed by atoms with Crippen molar-refractivity contribution in [3.05, 3.63) is 223 Å². The van der Waals surface area contributed by atoms with Gasteiger partial charge in [-0.15, -0.1) is 0 Å². The van der Waals surface area contributed by atoms with E-state index in [1.54, 1.807) is 0 Å². The van der Waals surface area contributed by atoms with Gasteiger partial charge < -0.3 is 9.13 Å². The topological polar surface area (TPSA) is 34.6 Å². The van der Waals surface area contributed by atoms with E-state index in [-0.39, 0.29) is 0 Å². The normalized spacial score (nSPS) is 12.2. The number of aromatic nitrogens is 2. The van der Waals surface area contributed by atoms with Crippen LogP contribution in [0.25, 0.3) is 71.8 Å². The Hall–Kier alpha value is -7.56. The van der Waals surface area contributed by atoms with Gasteiger partial charge in [0.2, 0.25) is 0 Å². The minimum Gasteiger partial charge on any atom is -0.309 e. The van der Waals surface area contributed by atoms with Gasteiger partial charge in [-0.25, -0.2) is 9.98 Å². The second-order valence-corrected chi connectivity index (χ2v) is 14.4. The molecule has 4 heteroatoms. The molecule has 2 heterocycles. The highest BCUT2D eigenvalue weighted by molar-refractivity contribution is 6.14. The molecule has 0 saturated heterocycles. The quantitative estimate of drug-likeness (QED) is 0.116. The van der Waals surface area contributed by atoms with Crippen molar-refractivity contribution < 1.29 is 0 Å². The number of fused-ring (bicyclic) bond motifs is 6. The summed E-state index contributed by atoms with van der Waals surface area (Å²) >= 11 is 0. The Balaban J connectivity index is 1.10. The first-order valence-electron chi connectivity index (χ1n) is 19.3. The fourth-order valence-electron chi connectivity index (χ4n) is 8.10. The van der Waals surface area contributed by atoms with Gasteiger partial charge >= 0.3 is 0 Å². The van der Waals surface area contributed by atoms with Gasteiger partial charge in [0.15, 0.2) is 5.84 Å². The van der Waals surface area contributed by atoms with Crippen LogP contribution < -0.4 is 0 Å². The number of benzene rings is 8. The molecule has 0 fully saturated rings. The average Bonchev–Trinajstić information content (AvgIpc) is 3.79. The van der Waals surface area contributed by atoms with E-state index in [1.165, 1.54) is 43.7 Å². The van der Waals surface area contributed by atoms with Crippen molar-refractivity contribution in [1.82, 2.24) is 9.13 Å². The second-order valence-electron chi connectivity index (χ2n) is 14.4. The SMILES string of the molecule is C=C(N=C(N=C(C)c1ccccc1)c1cccc(-n2c3ccccc3c3cc(-c4ccc5c(c4)c4ccccc4n5-c4ccccc4)ccc32)c1)c1ccccc1. The molecule has 10 aromatic rings. The summed E-state index contributed by atoms with van der Waals surface area (Å²) < 4.78 is 4.72. The molecule has 0 spiro atoms. The van der Waals surface area contributed by atoms with Crippen LogP contribution >= 0.6 is 0 Å². The van der Waals surface area contributed by atoms with Crippen LogP contribution in [0.2, 0.25) is 0 Å². The largest absolute Gasteiger partial charge is 0.309 e. The van der Waals surface area contributed by atoms with Crippen molar-refractivity contribution in [3.63, 3.8) is 0 Å². The van der Waals surface area contributed by atoms with Crippen LogP contribution in [0.3, 0.4) is 0 Å². The monoisotopic (exact) mass is 730 g/mol. The van der Waals surface area contributed by atoms with Crippen molar-refractivity contribution in [3.8, 4) is 22.5 Å². The highest BCUT2D eigenvalue weighted by Crippen LogP contribution is 2.38. The van der Waals surface area contributed by atoms with Crippen molar-refractivity contribution in [2.24, 2.45) is 9.98 Å². The molecule has 10 rings (SSSR count). The van der Waals surface area contributed by atoms with Crippen molar-refractivity contribution >= 4 is 60.9 Å². The third-order valence-electron chi connectivity index (χ3n) is 10.9. The van der Waals surface area contributed by atoms with Gasteiger partial charge in [0.05, 0.1) is 27.8 Å². The zero-order valence-electron chi connectivity index (χ0n) is 31.5. The first-order valence-corrected chi connectivity index (χ1v) is 19.3. The molecule has 2 aromatic heterocycles. The zero-order valence-corrected chi connectivity index (χ0v) is 31.5. The van der Waals surface area contributed by atoms with E-state index >= 15 is 0 Å². The van der Waals surface area contributed by atoms with Crippen LogP contribution in [0.5, 0.6) is 0 Å². The third-order valence-corrected chi connectivity index (χ3v) is 10.9. The van der Waals surface area contributed by atoms with Crippen LogP contribution in [0.1, 0.15) is 23.6 Å². The minimum absolute atomic E-state index is 0.610. The maximum Gasteiger partial charge on any atom is 0.160 e. The van der Waals surface area contributed by atoms with Crippen LogP contribution in [0, 0.1) is 0 Å². The molecule has 270 valence electrons. The molecule has 0 aliphatic carbocycles. The van der Waals surface area contributed by atoms with Gasteiger partial charge in [0.1, 0.15) is 0 Å². The molecular formula is C53H38N4. The summed E-state index contributed by atoms with van der Waals surface area (Å²) in [6.07, 6.45) is 0. The van der Waals surface area contributed by atoms with Gasteiger partial charge in [0.25, 0.3) is 0 Å². The molecule has 4 nitrogen and oxygen atoms in total. The molecule has 0 amide bonds. The van der Waals surface area contributed by atoms with Gasteiger partial charge in [-0.05, 0) is 89.8 Å². The summed E-state index contributed by atoms with van der Waals surface area (Å²) in [6.45, 7) is 6.37. The molecular weight excluding hydrogens is 693 g/mol. The predicted molar refractivity (Wildman–Crippen MR) is 241 cm³/mol. The smallest absolute Gasteiger partial charge is 0.160 e. The van der Waals surface area contributed by atoms with E-state index < -0.39 is 0 Å². The number of rotatable bonds is 7. The first-order chi connectivity index (χ1) is 28.1. The molecule has 0 N–H and O–H groups in total. The Bertz CT molecular complexity index is 3180. The second kappa shape index (κ2) is 14.3. The van der Waals surface area contributed by atoms with Crippen LogP contribution in [-0.2, 0) is 0 Å². The number of amidine groups is 1. The highest BCUT2D eigenvalue weighted by atomic mass is 15.0. The first kappa shape index (κ1) is 34.0. The average molecular weight is 731 g/mol. The molecule has 0 aliphatic rings. The molecule has 0 unspecified atom stereocenters. The summed E-state index contributed by atoms with van der Waals surface area (Å²) in [7, 11) is 0. The number of aliphatic imine (C=N–C) groups is 2. The fourth-order valence-corrected chi connectivity index (χ4v) is 8.10. The standard InChI is InChI=1S/C53H38N4/c1-36(38-17-6-3-7-18-38)54-53(55-37(2)39-19-8-4-9-20-39)42-21-16-24-44(33-42)57-50-28-15-13-26-46(50)48-35-41(30-32-52(48)57)40-29-31-51-47(34-40)45-25-12-14-27-49(45)56(51)43-22-10-5-11-23-43/h3-35H,1H2,2H3. The number of nitrogens with zero attached hydrogens (tertiary/aromatic N) is 4. The Morgan fingerprint density at radius 3 is 1.44 bits per heavy atom. The molecule has 0 aliphatic heterocycles. The Morgan fingerprint density at radius 1 is 0.386 bits per heavy atom. The fraction of sp³-hybridized carbons (Fsp3) is 0.0189. The molecule has 0 radical (unpaired) electrons. The van der Waals surface area contributed by atoms with Crippen LogP contribution in [0.4, 0.5) is 0 Å². The molecule has 0 saturated carbocycles. The van der Waals surface area contributed by atoms with Crippen molar-refractivity contribution in [1.29, 1.82) is 0 Å². The summed E-state index contributed by atoms with van der Waals surface area (Å²) in [5.41, 5.74) is 13.7. The molecule has 0 bridgehead atoms. The Labute approximate surface area is 331 Å². The van der Waals surface area contributed by atoms with Crippen molar-refractivity contribution in [2.45, 2.75) is 6.92 Å². The van der Waals surface area contributed by atoms with Gasteiger partial charge in [-0.2, -0.15) is 0 Å². The van der Waals surface area contributed by atoms with Gasteiger partial charge in [-0.3, -0.25) is 0 Å². The molecule has 8 aromatic carbocycles. The summed E-state index contributed by atoms with van der Waals surface area (Å²) in [4.78, 5) is 10.2. The maximum atomic E-state index is 5.13. The summed E-state index contributed by atoms with van der Waals surface area (Å²) in [5.74, 6) is 0.610. The zero-order chi connectivity index (χ0) is 38.3. The van der Waals surface area contributed by atoms with E-state index in [2.05, 4.69) is 167 Å². The van der Waals surface area contributed by atoms with E-state index in [4.69, 9.17) is 9.98 Å². The summed E-state index contributed by atoms with van der Waals surface area (Å²) in [6, 6.07) is 70.5. The predicted octanol–water partition coefficient (Wildman–Crippen LogP) is 13.5. The number of hydrogen-bond donors (Lipinski definition) is 0. The van der Waals surface area contributed by atoms with Crippen LogP contribution in [-0.4, -0.2) is 20.7 Å². The summed E-state index contributed by atoms with van der Waals surface area (Å²) in [5, 5.41) is 4.88. The lowest BCUT2D eigenvalue weighted by Gasteiger charge is -2.12. The Kier molecular flexibility index (Phi) is 8.50. The number of hydrogen-bond acceptors (Lipinski definition) is 1. The van der Waals surface area contributed by atoms with E-state index in [0.29, 0.717) is 11.5 Å². The van der Waals surface area contributed by atoms with E-state index in [0.717, 1.165) is 44.8 Å². The van der Waals surface area contributed by atoms with Gasteiger partial charge in [-0.1, -0.05) is 146 Å². The minimum atomic E-state index is 0.610. The lowest BCUT2D eigenvalue weighted by atomic mass is 10.0. The van der Waals surface area contributed by atoms with E-state index in [9.17, 15) is 0 Å². The molecule has 0 atom stereocenters. The van der Waals surface area contributed by atoms with Crippen molar-refractivity contribution in [2.75, 3.05) is 0 Å². The molecule has 57 heavy (non-hydrogen) atoms. The van der Waals surface area contributed by atoms with Gasteiger partial charge in [0, 0.05) is 44.2 Å². The maximum absolute atomic E-state index is 5.13. The third kappa shape index (κ3) is 6.14. The van der Waals surface area contributed by atoms with E-state index in [1.807, 2.05) is 55.5 Å².